The van der Waals surface area contributed by atoms with Crippen LogP contribution in [0, 0.1) is 0 Å². The van der Waals surface area contributed by atoms with Crippen LogP contribution in [0.1, 0.15) is 64.0 Å². The van der Waals surface area contributed by atoms with E-state index in [1.54, 1.807) is 0 Å². The first-order valence-electron chi connectivity index (χ1n) is 13.2. The number of nitrogens with zero attached hydrogens (tertiary/aromatic N) is 1. The zero-order valence-corrected chi connectivity index (χ0v) is 22.2. The third kappa shape index (κ3) is 9.51. The average molecular weight is 502 g/mol. The van der Waals surface area contributed by atoms with Crippen LogP contribution in [0.5, 0.6) is 5.75 Å². The fraction of sp³-hybridized carbons (Fsp3) is 0.375. The van der Waals surface area contributed by atoms with Gasteiger partial charge in [0.2, 0.25) is 0 Å². The minimum Gasteiger partial charge on any atom is -0.489 e. The van der Waals surface area contributed by atoms with E-state index in [1.165, 1.54) is 23.8 Å². The number of carboxylic acid groups (broad SMARTS) is 1. The summed E-state index contributed by atoms with van der Waals surface area (Å²) in [6.45, 7) is 5.79. The number of aliphatic imine (C=N–C) groups is 1. The van der Waals surface area contributed by atoms with Crippen LogP contribution >= 0.6 is 0 Å². The van der Waals surface area contributed by atoms with E-state index in [0.717, 1.165) is 55.5 Å². The number of rotatable bonds is 14. The molecule has 0 spiro atoms. The van der Waals surface area contributed by atoms with Crippen molar-refractivity contribution in [2.45, 2.75) is 71.5 Å². The number of para-hydroxylation sites is 1. The second-order valence-corrected chi connectivity index (χ2v) is 9.32. The van der Waals surface area contributed by atoms with Gasteiger partial charge < -0.3 is 14.6 Å². The zero-order valence-electron chi connectivity index (χ0n) is 22.2. The molecule has 196 valence electrons. The van der Waals surface area contributed by atoms with Crippen LogP contribution in [0.4, 0.5) is 5.69 Å². The van der Waals surface area contributed by atoms with Crippen molar-refractivity contribution in [1.82, 2.24) is 0 Å². The molecule has 1 aliphatic rings. The first kappa shape index (κ1) is 28.1. The van der Waals surface area contributed by atoms with Crippen LogP contribution in [0.2, 0.25) is 0 Å². The molecule has 0 saturated carbocycles. The van der Waals surface area contributed by atoms with Crippen molar-refractivity contribution in [3.63, 3.8) is 0 Å². The normalized spacial score (nSPS) is 15.1. The molecule has 1 heterocycles. The predicted molar refractivity (Wildman–Crippen MR) is 152 cm³/mol. The number of aliphatic carboxylic acids is 1. The Morgan fingerprint density at radius 1 is 1.05 bits per heavy atom. The molecular weight excluding hydrogens is 462 g/mol. The Kier molecular flexibility index (Phi) is 11.4. The molecule has 37 heavy (non-hydrogen) atoms. The number of ether oxygens (including phenoxy) is 2. The lowest BCUT2D eigenvalue weighted by atomic mass is 10.0. The number of fused-ring (bicyclic) bond motifs is 1. The molecule has 2 atom stereocenters. The highest BCUT2D eigenvalue weighted by molar-refractivity contribution is 5.91. The Hall–Kier alpha value is -3.44. The summed E-state index contributed by atoms with van der Waals surface area (Å²) in [5.41, 5.74) is 5.68. The fourth-order valence-corrected chi connectivity index (χ4v) is 4.08. The monoisotopic (exact) mass is 501 g/mol. The summed E-state index contributed by atoms with van der Waals surface area (Å²) >= 11 is 0. The summed E-state index contributed by atoms with van der Waals surface area (Å²) in [5.74, 6) is -0.193. The molecule has 5 nitrogen and oxygen atoms in total. The average Bonchev–Trinajstić information content (AvgIpc) is 3.11. The third-order valence-corrected chi connectivity index (χ3v) is 6.34. The number of benzene rings is 2. The molecule has 1 aliphatic heterocycles. The van der Waals surface area contributed by atoms with E-state index >= 15 is 0 Å². The molecule has 2 aromatic carbocycles. The van der Waals surface area contributed by atoms with Crippen molar-refractivity contribution in [3.05, 3.63) is 89.5 Å². The summed E-state index contributed by atoms with van der Waals surface area (Å²) in [7, 11) is 0. The Morgan fingerprint density at radius 2 is 1.81 bits per heavy atom. The Labute approximate surface area is 221 Å². The van der Waals surface area contributed by atoms with Crippen LogP contribution < -0.4 is 4.74 Å². The van der Waals surface area contributed by atoms with E-state index in [9.17, 15) is 4.79 Å². The minimum absolute atomic E-state index is 0.334. The van der Waals surface area contributed by atoms with Gasteiger partial charge in [-0.1, -0.05) is 67.6 Å². The highest BCUT2D eigenvalue weighted by atomic mass is 16.5. The van der Waals surface area contributed by atoms with Gasteiger partial charge in [-0.2, -0.15) is 0 Å². The quantitative estimate of drug-likeness (QED) is 0.212. The number of aryl methyl sites for hydroxylation is 1. The number of hydrogen-bond acceptors (Lipinski definition) is 4. The number of carbonyl (C=O) groups is 1. The van der Waals surface area contributed by atoms with Crippen molar-refractivity contribution >= 4 is 23.4 Å². The van der Waals surface area contributed by atoms with Crippen molar-refractivity contribution in [3.8, 4) is 5.75 Å². The van der Waals surface area contributed by atoms with Gasteiger partial charge >= 0.3 is 5.97 Å². The van der Waals surface area contributed by atoms with Crippen molar-refractivity contribution in [2.75, 3.05) is 6.61 Å². The lowest BCUT2D eigenvalue weighted by Gasteiger charge is -2.20. The van der Waals surface area contributed by atoms with Crippen molar-refractivity contribution in [1.29, 1.82) is 0 Å². The third-order valence-electron chi connectivity index (χ3n) is 6.34. The number of carboxylic acids is 1. The molecule has 0 bridgehead atoms. The topological polar surface area (TPSA) is 68.1 Å². The molecule has 0 saturated heterocycles. The second-order valence-electron chi connectivity index (χ2n) is 9.32. The van der Waals surface area contributed by atoms with Crippen LogP contribution in [0.3, 0.4) is 0 Å². The van der Waals surface area contributed by atoms with Gasteiger partial charge in [0.15, 0.2) is 6.10 Å². The molecule has 5 heteroatoms. The maximum atomic E-state index is 11.2. The molecule has 2 unspecified atom stereocenters. The molecule has 0 aliphatic carbocycles. The van der Waals surface area contributed by atoms with E-state index in [1.807, 2.05) is 43.4 Å². The summed E-state index contributed by atoms with van der Waals surface area (Å²) in [5, 5.41) is 9.15. The van der Waals surface area contributed by atoms with Gasteiger partial charge in [-0.05, 0) is 80.9 Å². The first-order valence-corrected chi connectivity index (χ1v) is 13.2. The standard InChI is InChI=1S/C32H39NO4/c1-4-5-6-14-28(24(2)37-25(3)32(34)35)23-36-30-21-19-26(20-22-30)12-7-9-16-29-17-11-15-27-13-8-10-18-31(27)33-29/h5-6,8,10-11,13-15,18-22,24-25H,4,7,9,12,16-17,23H2,1-3H3,(H,34,35)/b6-5-,28-14-. The van der Waals surface area contributed by atoms with E-state index in [-0.39, 0.29) is 6.10 Å². The van der Waals surface area contributed by atoms with Gasteiger partial charge in [-0.3, -0.25) is 4.99 Å². The molecule has 0 amide bonds. The van der Waals surface area contributed by atoms with E-state index in [4.69, 9.17) is 19.6 Å². The summed E-state index contributed by atoms with van der Waals surface area (Å²) in [6.07, 6.45) is 15.2. The number of hydrogen-bond donors (Lipinski definition) is 1. The lowest BCUT2D eigenvalue weighted by molar-refractivity contribution is -0.151. The largest absolute Gasteiger partial charge is 0.489 e. The van der Waals surface area contributed by atoms with E-state index in [2.05, 4.69) is 49.4 Å². The minimum atomic E-state index is -0.976. The molecule has 0 fully saturated rings. The van der Waals surface area contributed by atoms with Crippen molar-refractivity contribution < 1.29 is 19.4 Å². The molecule has 3 rings (SSSR count). The summed E-state index contributed by atoms with van der Waals surface area (Å²) < 4.78 is 11.7. The summed E-state index contributed by atoms with van der Waals surface area (Å²) in [6, 6.07) is 16.5. The van der Waals surface area contributed by atoms with Crippen LogP contribution in [-0.4, -0.2) is 35.6 Å². The first-order chi connectivity index (χ1) is 18.0. The van der Waals surface area contributed by atoms with E-state index in [0.29, 0.717) is 6.61 Å². The maximum Gasteiger partial charge on any atom is 0.332 e. The SMILES string of the molecule is CC/C=C\C=C(\COc1ccc(CCCCC2=Nc3ccccc3C=CC2)cc1)C(C)OC(C)C(=O)O. The fourth-order valence-electron chi connectivity index (χ4n) is 4.08. The van der Waals surface area contributed by atoms with Gasteiger partial charge in [-0.15, -0.1) is 0 Å². The van der Waals surface area contributed by atoms with Gasteiger partial charge in [0.1, 0.15) is 12.4 Å². The lowest BCUT2D eigenvalue weighted by Crippen LogP contribution is -2.27. The second kappa shape index (κ2) is 15.0. The maximum absolute atomic E-state index is 11.2. The van der Waals surface area contributed by atoms with Crippen LogP contribution in [-0.2, 0) is 16.0 Å². The van der Waals surface area contributed by atoms with Gasteiger partial charge in [0, 0.05) is 12.1 Å². The predicted octanol–water partition coefficient (Wildman–Crippen LogP) is 7.74. The Bertz CT molecular complexity index is 1130. The molecular formula is C32H39NO4. The Morgan fingerprint density at radius 3 is 2.57 bits per heavy atom. The number of allylic oxidation sites excluding steroid dienone is 4. The van der Waals surface area contributed by atoms with Crippen LogP contribution in [0.15, 0.2) is 83.4 Å². The highest BCUT2D eigenvalue weighted by Gasteiger charge is 2.18. The number of unbranched alkanes of at least 4 members (excludes halogenated alkanes) is 1. The van der Waals surface area contributed by atoms with Crippen molar-refractivity contribution in [2.24, 2.45) is 4.99 Å². The smallest absolute Gasteiger partial charge is 0.332 e. The van der Waals surface area contributed by atoms with Gasteiger partial charge in [-0.25, -0.2) is 4.79 Å². The van der Waals surface area contributed by atoms with Gasteiger partial charge in [0.05, 0.1) is 11.8 Å². The molecule has 2 aromatic rings. The Balaban J connectivity index is 1.47. The molecule has 0 radical (unpaired) electrons. The zero-order chi connectivity index (χ0) is 26.5. The van der Waals surface area contributed by atoms with Gasteiger partial charge in [0.25, 0.3) is 0 Å². The van der Waals surface area contributed by atoms with Crippen LogP contribution in [0.25, 0.3) is 6.08 Å². The van der Waals surface area contributed by atoms with E-state index < -0.39 is 12.1 Å². The highest BCUT2D eigenvalue weighted by Crippen LogP contribution is 2.25. The molecule has 1 N–H and O–H groups in total. The summed E-state index contributed by atoms with van der Waals surface area (Å²) in [4.78, 5) is 16.0. The molecule has 0 aromatic heterocycles.